The Bertz CT molecular complexity index is 824. The van der Waals surface area contributed by atoms with E-state index in [0.717, 1.165) is 16.6 Å². The van der Waals surface area contributed by atoms with Crippen LogP contribution in [-0.2, 0) is 0 Å². The van der Waals surface area contributed by atoms with Crippen molar-refractivity contribution < 1.29 is 9.53 Å². The molecule has 3 aromatic rings. The van der Waals surface area contributed by atoms with Gasteiger partial charge in [-0.3, -0.25) is 9.78 Å². The monoisotopic (exact) mass is 277 g/mol. The van der Waals surface area contributed by atoms with Crippen LogP contribution in [0.1, 0.15) is 21.6 Å². The molecule has 1 aromatic heterocycles. The molecule has 0 atom stereocenters. The van der Waals surface area contributed by atoms with E-state index in [1.165, 1.54) is 0 Å². The number of hydrogen-bond donors (Lipinski definition) is 0. The molecular formula is C18H15NO2. The van der Waals surface area contributed by atoms with Crippen LogP contribution >= 0.6 is 0 Å². The molecule has 3 nitrogen and oxygen atoms in total. The quantitative estimate of drug-likeness (QED) is 0.684. The number of fused-ring (bicyclic) bond motifs is 1. The zero-order valence-corrected chi connectivity index (χ0v) is 12.0. The van der Waals surface area contributed by atoms with E-state index in [4.69, 9.17) is 4.74 Å². The van der Waals surface area contributed by atoms with E-state index in [0.29, 0.717) is 16.9 Å². The van der Waals surface area contributed by atoms with E-state index >= 15 is 0 Å². The number of rotatable bonds is 3. The molecule has 0 amide bonds. The van der Waals surface area contributed by atoms with E-state index in [9.17, 15) is 4.79 Å². The summed E-state index contributed by atoms with van der Waals surface area (Å²) >= 11 is 0. The van der Waals surface area contributed by atoms with Crippen LogP contribution in [0, 0.1) is 6.92 Å². The summed E-state index contributed by atoms with van der Waals surface area (Å²) in [5, 5.41) is 0.871. The molecule has 0 fully saturated rings. The van der Waals surface area contributed by atoms with Gasteiger partial charge in [-0.2, -0.15) is 0 Å². The molecule has 0 N–H and O–H groups in total. The predicted octanol–water partition coefficient (Wildman–Crippen LogP) is 3.78. The number of ether oxygens (including phenoxy) is 1. The summed E-state index contributed by atoms with van der Waals surface area (Å²) in [4.78, 5) is 17.3. The van der Waals surface area contributed by atoms with Crippen LogP contribution in [0.2, 0.25) is 0 Å². The van der Waals surface area contributed by atoms with Gasteiger partial charge < -0.3 is 4.74 Å². The maximum absolute atomic E-state index is 12.8. The Labute approximate surface area is 123 Å². The fourth-order valence-corrected chi connectivity index (χ4v) is 2.42. The van der Waals surface area contributed by atoms with Gasteiger partial charge in [-0.25, -0.2) is 0 Å². The maximum Gasteiger partial charge on any atom is 0.193 e. The Morgan fingerprint density at radius 1 is 1.05 bits per heavy atom. The molecule has 0 aliphatic carbocycles. The molecule has 0 bridgehead atoms. The maximum atomic E-state index is 12.8. The van der Waals surface area contributed by atoms with Crippen molar-refractivity contribution in [2.75, 3.05) is 7.11 Å². The van der Waals surface area contributed by atoms with Crippen molar-refractivity contribution in [1.82, 2.24) is 4.98 Å². The zero-order valence-electron chi connectivity index (χ0n) is 12.0. The number of hydrogen-bond acceptors (Lipinski definition) is 3. The van der Waals surface area contributed by atoms with Crippen LogP contribution in [0.15, 0.2) is 54.6 Å². The van der Waals surface area contributed by atoms with Gasteiger partial charge in [-0.1, -0.05) is 30.3 Å². The Morgan fingerprint density at radius 3 is 2.67 bits per heavy atom. The van der Waals surface area contributed by atoms with E-state index < -0.39 is 0 Å². The zero-order chi connectivity index (χ0) is 14.8. The second-order valence-electron chi connectivity index (χ2n) is 4.89. The van der Waals surface area contributed by atoms with Gasteiger partial charge in [-0.15, -0.1) is 0 Å². The van der Waals surface area contributed by atoms with Crippen LogP contribution in [0.3, 0.4) is 0 Å². The normalized spacial score (nSPS) is 10.6. The largest absolute Gasteiger partial charge is 0.497 e. The summed E-state index contributed by atoms with van der Waals surface area (Å²) in [5.41, 5.74) is 2.96. The van der Waals surface area contributed by atoms with Crippen molar-refractivity contribution in [3.63, 3.8) is 0 Å². The minimum atomic E-state index is -0.0180. The first kappa shape index (κ1) is 13.3. The molecule has 3 heteroatoms. The molecule has 0 saturated heterocycles. The minimum Gasteiger partial charge on any atom is -0.497 e. The van der Waals surface area contributed by atoms with Crippen molar-refractivity contribution in [2.45, 2.75) is 6.92 Å². The van der Waals surface area contributed by atoms with Crippen LogP contribution in [0.25, 0.3) is 10.9 Å². The van der Waals surface area contributed by atoms with Gasteiger partial charge >= 0.3 is 0 Å². The van der Waals surface area contributed by atoms with Crippen molar-refractivity contribution in [3.8, 4) is 5.75 Å². The Morgan fingerprint density at radius 2 is 1.86 bits per heavy atom. The first-order chi connectivity index (χ1) is 10.2. The fraction of sp³-hybridized carbons (Fsp3) is 0.111. The van der Waals surface area contributed by atoms with Crippen LogP contribution in [-0.4, -0.2) is 17.9 Å². The van der Waals surface area contributed by atoms with Crippen molar-refractivity contribution >= 4 is 16.7 Å². The van der Waals surface area contributed by atoms with Gasteiger partial charge in [0.1, 0.15) is 5.75 Å². The molecule has 0 unspecified atom stereocenters. The summed E-state index contributed by atoms with van der Waals surface area (Å²) in [5.74, 6) is 0.659. The number of para-hydroxylation sites is 1. The number of carbonyl (C=O) groups is 1. The molecule has 104 valence electrons. The lowest BCUT2D eigenvalue weighted by Gasteiger charge is -2.08. The summed E-state index contributed by atoms with van der Waals surface area (Å²) in [6, 6.07) is 16.7. The number of nitrogens with zero attached hydrogens (tertiary/aromatic N) is 1. The van der Waals surface area contributed by atoms with Gasteiger partial charge in [-0.05, 0) is 31.2 Å². The molecular weight excluding hydrogens is 262 g/mol. The molecule has 0 aliphatic rings. The average molecular weight is 277 g/mol. The number of ketones is 1. The molecule has 0 spiro atoms. The SMILES string of the molecule is COc1cccc(C(=O)c2cc(C)nc3ccccc23)c1. The number of pyridine rings is 1. The molecule has 0 saturated carbocycles. The standard InChI is InChI=1S/C18H15NO2/c1-12-10-16(15-8-3-4-9-17(15)19-12)18(20)13-6-5-7-14(11-13)21-2/h3-11H,1-2H3. The van der Waals surface area contributed by atoms with Crippen molar-refractivity contribution in [1.29, 1.82) is 0 Å². The lowest BCUT2D eigenvalue weighted by Crippen LogP contribution is -2.04. The number of aromatic nitrogens is 1. The summed E-state index contributed by atoms with van der Waals surface area (Å²) in [6.45, 7) is 1.90. The number of benzene rings is 2. The van der Waals surface area contributed by atoms with Gasteiger partial charge in [0.15, 0.2) is 5.78 Å². The first-order valence-corrected chi connectivity index (χ1v) is 6.74. The highest BCUT2D eigenvalue weighted by molar-refractivity contribution is 6.16. The van der Waals surface area contributed by atoms with E-state index in [1.54, 1.807) is 19.2 Å². The molecule has 3 rings (SSSR count). The minimum absolute atomic E-state index is 0.0180. The topological polar surface area (TPSA) is 39.2 Å². The van der Waals surface area contributed by atoms with Crippen molar-refractivity contribution in [3.05, 3.63) is 71.4 Å². The van der Waals surface area contributed by atoms with Crippen molar-refractivity contribution in [2.24, 2.45) is 0 Å². The number of aryl methyl sites for hydroxylation is 1. The van der Waals surface area contributed by atoms with Gasteiger partial charge in [0.25, 0.3) is 0 Å². The highest BCUT2D eigenvalue weighted by Crippen LogP contribution is 2.23. The molecule has 1 heterocycles. The second-order valence-corrected chi connectivity index (χ2v) is 4.89. The van der Waals surface area contributed by atoms with Gasteiger partial charge in [0.2, 0.25) is 0 Å². The number of carbonyl (C=O) groups excluding carboxylic acids is 1. The van der Waals surface area contributed by atoms with Crippen LogP contribution in [0.5, 0.6) is 5.75 Å². The third kappa shape index (κ3) is 2.50. The highest BCUT2D eigenvalue weighted by Gasteiger charge is 2.14. The summed E-state index contributed by atoms with van der Waals surface area (Å²) < 4.78 is 5.19. The highest BCUT2D eigenvalue weighted by atomic mass is 16.5. The lowest BCUT2D eigenvalue weighted by atomic mass is 9.99. The average Bonchev–Trinajstić information content (AvgIpc) is 2.53. The predicted molar refractivity (Wildman–Crippen MR) is 82.9 cm³/mol. The molecule has 0 aliphatic heterocycles. The molecule has 21 heavy (non-hydrogen) atoms. The smallest absolute Gasteiger partial charge is 0.193 e. The Kier molecular flexibility index (Phi) is 3.40. The third-order valence-corrected chi connectivity index (χ3v) is 3.42. The molecule has 2 aromatic carbocycles. The fourth-order valence-electron chi connectivity index (χ4n) is 2.42. The van der Waals surface area contributed by atoms with Crippen LogP contribution in [0.4, 0.5) is 0 Å². The van der Waals surface area contributed by atoms with E-state index in [2.05, 4.69) is 4.98 Å². The lowest BCUT2D eigenvalue weighted by molar-refractivity contribution is 0.104. The van der Waals surface area contributed by atoms with E-state index in [1.807, 2.05) is 49.4 Å². The summed E-state index contributed by atoms with van der Waals surface area (Å²) in [6.07, 6.45) is 0. The molecule has 0 radical (unpaired) electrons. The van der Waals surface area contributed by atoms with E-state index in [-0.39, 0.29) is 5.78 Å². The summed E-state index contributed by atoms with van der Waals surface area (Å²) in [7, 11) is 1.59. The number of methoxy groups -OCH3 is 1. The van der Waals surface area contributed by atoms with Gasteiger partial charge in [0, 0.05) is 22.2 Å². The Balaban J connectivity index is 2.17. The first-order valence-electron chi connectivity index (χ1n) is 6.74. The van der Waals surface area contributed by atoms with Crippen LogP contribution < -0.4 is 4.74 Å². The second kappa shape index (κ2) is 5.37. The Hall–Kier alpha value is -2.68. The van der Waals surface area contributed by atoms with Gasteiger partial charge in [0.05, 0.1) is 12.6 Å². The third-order valence-electron chi connectivity index (χ3n) is 3.42.